The molecule has 10 nitrogen and oxygen atoms in total. The average molecular weight is 509 g/mol. The number of sulfone groups is 1. The number of amides is 1. The van der Waals surface area contributed by atoms with Gasteiger partial charge >= 0.3 is 5.97 Å². The molecule has 0 aliphatic heterocycles. The number of hydrogen-bond acceptors (Lipinski definition) is 7. The van der Waals surface area contributed by atoms with E-state index < -0.39 is 21.7 Å². The molecule has 2 aromatic carbocycles. The minimum atomic E-state index is -3.34. The van der Waals surface area contributed by atoms with Gasteiger partial charge in [0.25, 0.3) is 0 Å². The van der Waals surface area contributed by atoms with Crippen LogP contribution in [0, 0.1) is 0 Å². The molecule has 0 spiro atoms. The Kier molecular flexibility index (Phi) is 7.30. The predicted octanol–water partition coefficient (Wildman–Crippen LogP) is 3.69. The number of carbonyl (C=O) groups is 2. The Hall–Kier alpha value is -4.25. The maximum absolute atomic E-state index is 12.1. The number of ether oxygens (including phenoxy) is 1. The van der Waals surface area contributed by atoms with E-state index in [4.69, 9.17) is 9.84 Å². The van der Waals surface area contributed by atoms with E-state index in [1.54, 1.807) is 43.5 Å². The zero-order chi connectivity index (χ0) is 25.7. The third kappa shape index (κ3) is 5.87. The first-order valence-electron chi connectivity index (χ1n) is 11.2. The number of nitrogens with one attached hydrogen (secondary N) is 2. The van der Waals surface area contributed by atoms with Crippen LogP contribution in [0.2, 0.25) is 0 Å². The molecule has 0 fully saturated rings. The maximum Gasteiger partial charge on any atom is 0.303 e. The van der Waals surface area contributed by atoms with Gasteiger partial charge in [-0.15, -0.1) is 0 Å². The summed E-state index contributed by atoms with van der Waals surface area (Å²) >= 11 is 0. The standard InChI is InChI=1S/C25H24N4O6S/c1-2-36(33,34)18-8-6-17(7-9-18)35-22-14-21-20(28-25(29-21)19-5-3-4-12-26-19)13-16(22)15-27-23(30)10-11-24(31)32/h3-9,12-14H,2,10-11,15H2,1H3,(H,27,30)(H,28,29)(H,31,32). The van der Waals surface area contributed by atoms with Crippen LogP contribution in [0.3, 0.4) is 0 Å². The number of carbonyl (C=O) groups excluding carboxylic acids is 1. The lowest BCUT2D eigenvalue weighted by atomic mass is 10.1. The molecule has 186 valence electrons. The molecule has 0 aliphatic rings. The Bertz CT molecular complexity index is 1500. The Balaban J connectivity index is 1.65. The second-order valence-electron chi connectivity index (χ2n) is 7.92. The molecule has 0 radical (unpaired) electrons. The van der Waals surface area contributed by atoms with Crippen LogP contribution in [0.4, 0.5) is 0 Å². The van der Waals surface area contributed by atoms with Crippen molar-refractivity contribution in [2.24, 2.45) is 0 Å². The normalized spacial score (nSPS) is 11.4. The van der Waals surface area contributed by atoms with Crippen molar-refractivity contribution in [1.82, 2.24) is 20.3 Å². The van der Waals surface area contributed by atoms with Crippen LogP contribution in [0.1, 0.15) is 25.3 Å². The number of nitrogens with zero attached hydrogens (tertiary/aromatic N) is 2. The fourth-order valence-electron chi connectivity index (χ4n) is 3.45. The Morgan fingerprint density at radius 2 is 1.86 bits per heavy atom. The van der Waals surface area contributed by atoms with Gasteiger partial charge in [0.05, 0.1) is 28.1 Å². The van der Waals surface area contributed by atoms with Crippen molar-refractivity contribution in [3.8, 4) is 23.0 Å². The molecule has 4 aromatic rings. The molecule has 2 heterocycles. The zero-order valence-electron chi connectivity index (χ0n) is 19.4. The van der Waals surface area contributed by atoms with Gasteiger partial charge in [-0.05, 0) is 42.5 Å². The van der Waals surface area contributed by atoms with Crippen LogP contribution in [0.25, 0.3) is 22.6 Å². The molecule has 36 heavy (non-hydrogen) atoms. The van der Waals surface area contributed by atoms with Gasteiger partial charge < -0.3 is 20.1 Å². The lowest BCUT2D eigenvalue weighted by molar-refractivity contribution is -0.138. The van der Waals surface area contributed by atoms with E-state index in [-0.39, 0.29) is 30.0 Å². The number of aliphatic carboxylic acids is 1. The highest BCUT2D eigenvalue weighted by molar-refractivity contribution is 7.91. The number of fused-ring (bicyclic) bond motifs is 1. The second-order valence-corrected chi connectivity index (χ2v) is 10.2. The maximum atomic E-state index is 12.1. The van der Waals surface area contributed by atoms with Crippen LogP contribution in [-0.4, -0.2) is 46.1 Å². The van der Waals surface area contributed by atoms with Crippen LogP contribution in [0.15, 0.2) is 65.7 Å². The second kappa shape index (κ2) is 10.6. The largest absolute Gasteiger partial charge is 0.481 e. The predicted molar refractivity (Wildman–Crippen MR) is 132 cm³/mol. The van der Waals surface area contributed by atoms with E-state index in [1.165, 1.54) is 12.1 Å². The van der Waals surface area contributed by atoms with Crippen molar-refractivity contribution in [1.29, 1.82) is 0 Å². The number of H-pyrrole nitrogens is 1. The fourth-order valence-corrected chi connectivity index (χ4v) is 4.34. The average Bonchev–Trinajstić information content (AvgIpc) is 3.30. The molecule has 2 aromatic heterocycles. The summed E-state index contributed by atoms with van der Waals surface area (Å²) in [4.78, 5) is 35.2. The lowest BCUT2D eigenvalue weighted by Gasteiger charge is -2.13. The monoisotopic (exact) mass is 508 g/mol. The van der Waals surface area contributed by atoms with E-state index in [9.17, 15) is 18.0 Å². The van der Waals surface area contributed by atoms with Crippen molar-refractivity contribution in [3.63, 3.8) is 0 Å². The number of aromatic amines is 1. The van der Waals surface area contributed by atoms with Crippen molar-refractivity contribution >= 4 is 32.7 Å². The van der Waals surface area contributed by atoms with E-state index in [1.807, 2.05) is 12.1 Å². The molecule has 0 saturated carbocycles. The molecule has 0 aliphatic carbocycles. The number of hydrogen-bond donors (Lipinski definition) is 3. The Morgan fingerprint density at radius 1 is 1.08 bits per heavy atom. The molecule has 0 saturated heterocycles. The number of carboxylic acid groups (broad SMARTS) is 1. The van der Waals surface area contributed by atoms with Gasteiger partial charge in [-0.3, -0.25) is 14.6 Å². The van der Waals surface area contributed by atoms with Crippen LogP contribution < -0.4 is 10.1 Å². The number of pyridine rings is 1. The van der Waals surface area contributed by atoms with Crippen molar-refractivity contribution in [3.05, 3.63) is 66.4 Å². The summed E-state index contributed by atoms with van der Waals surface area (Å²) in [5.74, 6) is -0.0873. The summed E-state index contributed by atoms with van der Waals surface area (Å²) in [5.41, 5.74) is 2.58. The third-order valence-electron chi connectivity index (χ3n) is 5.40. The minimum Gasteiger partial charge on any atom is -0.481 e. The summed E-state index contributed by atoms with van der Waals surface area (Å²) < 4.78 is 30.3. The molecular formula is C25H24N4O6S. The highest BCUT2D eigenvalue weighted by Gasteiger charge is 2.15. The highest BCUT2D eigenvalue weighted by atomic mass is 32.2. The summed E-state index contributed by atoms with van der Waals surface area (Å²) in [5, 5.41) is 11.5. The summed E-state index contributed by atoms with van der Waals surface area (Å²) in [7, 11) is -3.34. The molecule has 3 N–H and O–H groups in total. The summed E-state index contributed by atoms with van der Waals surface area (Å²) in [6.45, 7) is 1.67. The topological polar surface area (TPSA) is 151 Å². The number of benzene rings is 2. The van der Waals surface area contributed by atoms with Gasteiger partial charge in [-0.1, -0.05) is 13.0 Å². The molecule has 4 rings (SSSR count). The SMILES string of the molecule is CCS(=O)(=O)c1ccc(Oc2cc3nc(-c4ccccn4)[nH]c3cc2CNC(=O)CCC(=O)O)cc1. The molecule has 0 unspecified atom stereocenters. The quantitative estimate of drug-likeness (QED) is 0.293. The van der Waals surface area contributed by atoms with Crippen molar-refractivity contribution in [2.45, 2.75) is 31.2 Å². The molecular weight excluding hydrogens is 484 g/mol. The van der Waals surface area contributed by atoms with Gasteiger partial charge in [-0.2, -0.15) is 0 Å². The van der Waals surface area contributed by atoms with Crippen molar-refractivity contribution < 1.29 is 27.9 Å². The van der Waals surface area contributed by atoms with Crippen molar-refractivity contribution in [2.75, 3.05) is 5.75 Å². The number of carboxylic acids is 1. The van der Waals surface area contributed by atoms with E-state index in [2.05, 4.69) is 20.3 Å². The highest BCUT2D eigenvalue weighted by Crippen LogP contribution is 2.31. The van der Waals surface area contributed by atoms with Gasteiger partial charge in [0.1, 0.15) is 17.2 Å². The molecule has 1 amide bonds. The third-order valence-corrected chi connectivity index (χ3v) is 7.15. The number of imidazole rings is 1. The Labute approximate surface area is 207 Å². The Morgan fingerprint density at radius 3 is 2.53 bits per heavy atom. The first kappa shape index (κ1) is 24.9. The van der Waals surface area contributed by atoms with Gasteiger partial charge in [0.2, 0.25) is 5.91 Å². The lowest BCUT2D eigenvalue weighted by Crippen LogP contribution is -2.23. The summed E-state index contributed by atoms with van der Waals surface area (Å²) in [6.07, 6.45) is 1.25. The molecule has 0 atom stereocenters. The first-order chi connectivity index (χ1) is 17.2. The minimum absolute atomic E-state index is 0.00659. The van der Waals surface area contributed by atoms with Crippen LogP contribution >= 0.6 is 0 Å². The van der Waals surface area contributed by atoms with E-state index >= 15 is 0 Å². The van der Waals surface area contributed by atoms with Gasteiger partial charge in [0, 0.05) is 30.8 Å². The van der Waals surface area contributed by atoms with Gasteiger partial charge in [0.15, 0.2) is 15.7 Å². The smallest absolute Gasteiger partial charge is 0.303 e. The fraction of sp³-hybridized carbons (Fsp3) is 0.200. The zero-order valence-corrected chi connectivity index (χ0v) is 20.2. The molecule has 11 heteroatoms. The van der Waals surface area contributed by atoms with Gasteiger partial charge in [-0.25, -0.2) is 13.4 Å². The number of aromatic nitrogens is 3. The number of rotatable bonds is 10. The van der Waals surface area contributed by atoms with E-state index in [0.29, 0.717) is 39.6 Å². The molecule has 0 bridgehead atoms. The van der Waals surface area contributed by atoms with E-state index in [0.717, 1.165) is 0 Å². The summed E-state index contributed by atoms with van der Waals surface area (Å²) in [6, 6.07) is 15.1. The first-order valence-corrected chi connectivity index (χ1v) is 12.8. The van der Waals surface area contributed by atoms with Crippen LogP contribution in [0.5, 0.6) is 11.5 Å². The van der Waals surface area contributed by atoms with Crippen LogP contribution in [-0.2, 0) is 26.0 Å².